The fourth-order valence-corrected chi connectivity index (χ4v) is 1.80. The van der Waals surface area contributed by atoms with Gasteiger partial charge in [0.15, 0.2) is 6.29 Å². The summed E-state index contributed by atoms with van der Waals surface area (Å²) in [4.78, 5) is 11.8. The van der Waals surface area contributed by atoms with Crippen LogP contribution in [0.25, 0.3) is 0 Å². The van der Waals surface area contributed by atoms with Gasteiger partial charge in [-0.15, -0.1) is 0 Å². The van der Waals surface area contributed by atoms with E-state index >= 15 is 0 Å². The van der Waals surface area contributed by atoms with Gasteiger partial charge in [-0.05, 0) is 31.5 Å². The van der Waals surface area contributed by atoms with E-state index in [1.807, 2.05) is 13.0 Å². The lowest BCUT2D eigenvalue weighted by Crippen LogP contribution is -2.44. The van der Waals surface area contributed by atoms with Crippen LogP contribution in [0.5, 0.6) is 0 Å². The molecule has 0 aromatic heterocycles. The minimum absolute atomic E-state index is 0.282. The Bertz CT molecular complexity index is 436. The van der Waals surface area contributed by atoms with Crippen LogP contribution in [0.1, 0.15) is 12.5 Å². The largest absolute Gasteiger partial charge is 0.354 e. The number of hydrogen-bond donors (Lipinski definition) is 2. The monoisotopic (exact) mass is 286 g/mol. The second-order valence-electron chi connectivity index (χ2n) is 4.19. The molecule has 2 amide bonds. The predicted molar refractivity (Wildman–Crippen MR) is 75.6 cm³/mol. The predicted octanol–water partition coefficient (Wildman–Crippen LogP) is 2.78. The van der Waals surface area contributed by atoms with Crippen molar-refractivity contribution in [1.82, 2.24) is 5.32 Å². The van der Waals surface area contributed by atoms with E-state index in [0.717, 1.165) is 5.56 Å². The van der Waals surface area contributed by atoms with Gasteiger partial charge in [0, 0.05) is 24.9 Å². The molecule has 0 fully saturated rings. The van der Waals surface area contributed by atoms with Crippen LogP contribution in [0.3, 0.4) is 0 Å². The van der Waals surface area contributed by atoms with Gasteiger partial charge in [-0.2, -0.15) is 0 Å². The Hall–Kier alpha value is -1.30. The summed E-state index contributed by atoms with van der Waals surface area (Å²) in [6, 6.07) is 4.71. The SMILES string of the molecule is COC(OC)C(C)NC(=O)Nc1ccc(C)c(Cl)c1. The fourth-order valence-electron chi connectivity index (χ4n) is 1.62. The number of halogens is 1. The number of anilines is 1. The Kier molecular flexibility index (Phi) is 6.08. The molecule has 1 atom stereocenters. The molecule has 0 aliphatic heterocycles. The number of rotatable bonds is 5. The number of nitrogens with one attached hydrogen (secondary N) is 2. The number of amides is 2. The molecule has 1 unspecified atom stereocenters. The average Bonchev–Trinajstić information content (AvgIpc) is 2.35. The normalized spacial score (nSPS) is 12.3. The summed E-state index contributed by atoms with van der Waals surface area (Å²) in [5.41, 5.74) is 1.59. The third kappa shape index (κ3) is 4.70. The van der Waals surface area contributed by atoms with Gasteiger partial charge in [0.2, 0.25) is 0 Å². The molecule has 0 saturated carbocycles. The number of benzene rings is 1. The molecular formula is C13H19ClN2O3. The van der Waals surface area contributed by atoms with E-state index in [9.17, 15) is 4.79 Å². The first-order chi connectivity index (χ1) is 8.97. The highest BCUT2D eigenvalue weighted by Gasteiger charge is 2.17. The summed E-state index contributed by atoms with van der Waals surface area (Å²) in [7, 11) is 3.04. The third-order valence-corrected chi connectivity index (χ3v) is 3.07. The van der Waals surface area contributed by atoms with Gasteiger partial charge in [-0.1, -0.05) is 17.7 Å². The highest BCUT2D eigenvalue weighted by molar-refractivity contribution is 6.31. The molecule has 1 rings (SSSR count). The van der Waals surface area contributed by atoms with Crippen molar-refractivity contribution in [2.75, 3.05) is 19.5 Å². The summed E-state index contributed by atoms with van der Waals surface area (Å²) >= 11 is 5.99. The summed E-state index contributed by atoms with van der Waals surface area (Å²) in [5, 5.41) is 6.03. The highest BCUT2D eigenvalue weighted by atomic mass is 35.5. The number of ether oxygens (including phenoxy) is 2. The topological polar surface area (TPSA) is 59.6 Å². The molecule has 2 N–H and O–H groups in total. The second-order valence-corrected chi connectivity index (χ2v) is 4.60. The summed E-state index contributed by atoms with van der Waals surface area (Å²) in [6.45, 7) is 3.69. The Morgan fingerprint density at radius 1 is 1.32 bits per heavy atom. The maximum atomic E-state index is 11.8. The van der Waals surface area contributed by atoms with Crippen molar-refractivity contribution in [2.45, 2.75) is 26.2 Å². The lowest BCUT2D eigenvalue weighted by atomic mass is 10.2. The van der Waals surface area contributed by atoms with Crippen molar-refractivity contribution >= 4 is 23.3 Å². The molecular weight excluding hydrogens is 268 g/mol. The molecule has 0 saturated heterocycles. The number of hydrogen-bond acceptors (Lipinski definition) is 3. The molecule has 0 aliphatic carbocycles. The molecule has 19 heavy (non-hydrogen) atoms. The van der Waals surface area contributed by atoms with Crippen LogP contribution >= 0.6 is 11.6 Å². The molecule has 0 radical (unpaired) electrons. The molecule has 0 heterocycles. The Labute approximate surface area is 118 Å². The number of urea groups is 1. The van der Waals surface area contributed by atoms with Crippen LogP contribution in [0.2, 0.25) is 5.02 Å². The molecule has 1 aromatic carbocycles. The van der Waals surface area contributed by atoms with Crippen molar-refractivity contribution < 1.29 is 14.3 Å². The van der Waals surface area contributed by atoms with Crippen molar-refractivity contribution in [3.05, 3.63) is 28.8 Å². The first-order valence-electron chi connectivity index (χ1n) is 5.87. The minimum atomic E-state index is -0.493. The first kappa shape index (κ1) is 15.8. The van der Waals surface area contributed by atoms with Gasteiger partial charge >= 0.3 is 6.03 Å². The molecule has 106 valence electrons. The van der Waals surface area contributed by atoms with E-state index in [-0.39, 0.29) is 12.1 Å². The van der Waals surface area contributed by atoms with Gasteiger partial charge in [0.1, 0.15) is 0 Å². The minimum Gasteiger partial charge on any atom is -0.354 e. The van der Waals surface area contributed by atoms with E-state index in [2.05, 4.69) is 10.6 Å². The van der Waals surface area contributed by atoms with Crippen LogP contribution in [-0.4, -0.2) is 32.6 Å². The summed E-state index contributed by atoms with van der Waals surface area (Å²) in [5.74, 6) is 0. The maximum Gasteiger partial charge on any atom is 0.319 e. The van der Waals surface area contributed by atoms with Crippen LogP contribution in [0.15, 0.2) is 18.2 Å². The first-order valence-corrected chi connectivity index (χ1v) is 6.25. The number of aryl methyl sites for hydroxylation is 1. The molecule has 5 nitrogen and oxygen atoms in total. The average molecular weight is 287 g/mol. The van der Waals surface area contributed by atoms with Crippen LogP contribution < -0.4 is 10.6 Å². The van der Waals surface area contributed by atoms with E-state index in [4.69, 9.17) is 21.1 Å². The lowest BCUT2D eigenvalue weighted by Gasteiger charge is -2.22. The third-order valence-electron chi connectivity index (χ3n) is 2.66. The number of carbonyl (C=O) groups is 1. The lowest BCUT2D eigenvalue weighted by molar-refractivity contribution is -0.117. The zero-order valence-electron chi connectivity index (χ0n) is 11.5. The number of methoxy groups -OCH3 is 2. The summed E-state index contributed by atoms with van der Waals surface area (Å²) < 4.78 is 10.1. The van der Waals surface area contributed by atoms with Gasteiger partial charge < -0.3 is 20.1 Å². The zero-order valence-corrected chi connectivity index (χ0v) is 12.2. The van der Waals surface area contributed by atoms with E-state index in [1.54, 1.807) is 19.1 Å². The van der Waals surface area contributed by atoms with Gasteiger partial charge in [-0.3, -0.25) is 0 Å². The quantitative estimate of drug-likeness (QED) is 0.818. The van der Waals surface area contributed by atoms with E-state index in [0.29, 0.717) is 10.7 Å². The van der Waals surface area contributed by atoms with Gasteiger partial charge in [-0.25, -0.2) is 4.79 Å². The maximum absolute atomic E-state index is 11.8. The van der Waals surface area contributed by atoms with E-state index < -0.39 is 6.29 Å². The molecule has 0 spiro atoms. The number of carbonyl (C=O) groups excluding carboxylic acids is 1. The second kappa shape index (κ2) is 7.33. The van der Waals surface area contributed by atoms with Crippen molar-refractivity contribution in [3.63, 3.8) is 0 Å². The molecule has 0 bridgehead atoms. The molecule has 0 aliphatic rings. The zero-order chi connectivity index (χ0) is 14.4. The summed E-state index contributed by atoms with van der Waals surface area (Å²) in [6.07, 6.45) is -0.493. The van der Waals surface area contributed by atoms with Crippen LogP contribution in [0, 0.1) is 6.92 Å². The Morgan fingerprint density at radius 2 is 1.95 bits per heavy atom. The Balaban J connectivity index is 2.57. The smallest absolute Gasteiger partial charge is 0.319 e. The van der Waals surface area contributed by atoms with Crippen molar-refractivity contribution in [3.8, 4) is 0 Å². The Morgan fingerprint density at radius 3 is 2.47 bits per heavy atom. The van der Waals surface area contributed by atoms with Gasteiger partial charge in [0.05, 0.1) is 6.04 Å². The molecule has 1 aromatic rings. The van der Waals surface area contributed by atoms with Crippen molar-refractivity contribution in [1.29, 1.82) is 0 Å². The standard InChI is InChI=1S/C13H19ClN2O3/c1-8-5-6-10(7-11(8)14)16-13(17)15-9(2)12(18-3)19-4/h5-7,9,12H,1-4H3,(H2,15,16,17). The fraction of sp³-hybridized carbons (Fsp3) is 0.462. The van der Waals surface area contributed by atoms with E-state index in [1.165, 1.54) is 14.2 Å². The van der Waals surface area contributed by atoms with Crippen molar-refractivity contribution in [2.24, 2.45) is 0 Å². The van der Waals surface area contributed by atoms with Crippen LogP contribution in [-0.2, 0) is 9.47 Å². The van der Waals surface area contributed by atoms with Gasteiger partial charge in [0.25, 0.3) is 0 Å². The molecule has 6 heteroatoms. The highest BCUT2D eigenvalue weighted by Crippen LogP contribution is 2.19. The van der Waals surface area contributed by atoms with Crippen LogP contribution in [0.4, 0.5) is 10.5 Å².